The van der Waals surface area contributed by atoms with Crippen molar-refractivity contribution in [3.05, 3.63) is 70.7 Å². The van der Waals surface area contributed by atoms with E-state index in [1.54, 1.807) is 0 Å². The summed E-state index contributed by atoms with van der Waals surface area (Å²) in [6.07, 6.45) is 1.01. The molecule has 0 aromatic heterocycles. The Balaban J connectivity index is 1.91. The van der Waals surface area contributed by atoms with E-state index in [2.05, 4.69) is 19.1 Å². The number of nitrogens with zero attached hydrogens (tertiary/aromatic N) is 1. The normalized spacial score (nSPS) is 21.7. The second kappa shape index (κ2) is 7.37. The molecular formula is C20H23ClN2O. The van der Waals surface area contributed by atoms with Crippen molar-refractivity contribution in [2.75, 3.05) is 13.1 Å². The van der Waals surface area contributed by atoms with Gasteiger partial charge in [0.15, 0.2) is 0 Å². The molecule has 3 atom stereocenters. The van der Waals surface area contributed by atoms with Crippen molar-refractivity contribution in [1.29, 1.82) is 0 Å². The van der Waals surface area contributed by atoms with Crippen LogP contribution in [0.1, 0.15) is 36.4 Å². The predicted molar refractivity (Wildman–Crippen MR) is 97.9 cm³/mol. The molecule has 2 aromatic carbocycles. The molecule has 1 amide bonds. The molecule has 2 N–H and O–H groups in total. The topological polar surface area (TPSA) is 46.3 Å². The maximum atomic E-state index is 13.2. The van der Waals surface area contributed by atoms with E-state index >= 15 is 0 Å². The Bertz CT molecular complexity index is 704. The number of halogens is 1. The third-order valence-electron chi connectivity index (χ3n) is 4.94. The van der Waals surface area contributed by atoms with Crippen molar-refractivity contribution < 1.29 is 4.79 Å². The zero-order chi connectivity index (χ0) is 17.1. The smallest absolute Gasteiger partial charge is 0.231 e. The van der Waals surface area contributed by atoms with Crippen LogP contribution in [0, 0.1) is 5.92 Å². The van der Waals surface area contributed by atoms with E-state index in [1.807, 2.05) is 47.4 Å². The Kier molecular flexibility index (Phi) is 5.22. The summed E-state index contributed by atoms with van der Waals surface area (Å²) < 4.78 is 0. The fraction of sp³-hybridized carbons (Fsp3) is 0.350. The molecule has 1 saturated heterocycles. The van der Waals surface area contributed by atoms with Gasteiger partial charge in [0, 0.05) is 18.1 Å². The van der Waals surface area contributed by atoms with Gasteiger partial charge in [-0.15, -0.1) is 0 Å². The van der Waals surface area contributed by atoms with Crippen LogP contribution in [0.3, 0.4) is 0 Å². The lowest BCUT2D eigenvalue weighted by atomic mass is 9.93. The minimum atomic E-state index is -0.393. The molecule has 3 rings (SSSR count). The van der Waals surface area contributed by atoms with Crippen LogP contribution in [0.15, 0.2) is 54.6 Å². The lowest BCUT2D eigenvalue weighted by molar-refractivity contribution is -0.133. The van der Waals surface area contributed by atoms with Gasteiger partial charge in [0.25, 0.3) is 0 Å². The van der Waals surface area contributed by atoms with Crippen molar-refractivity contribution >= 4 is 17.5 Å². The van der Waals surface area contributed by atoms with Gasteiger partial charge in [-0.1, -0.05) is 67.1 Å². The van der Waals surface area contributed by atoms with E-state index in [4.69, 9.17) is 17.3 Å². The number of likely N-dealkylation sites (tertiary alicyclic amines) is 1. The first-order valence-electron chi connectivity index (χ1n) is 8.43. The summed E-state index contributed by atoms with van der Waals surface area (Å²) in [5, 5.41) is 0.602. The molecule has 0 radical (unpaired) electrons. The first kappa shape index (κ1) is 17.0. The number of carbonyl (C=O) groups is 1. The van der Waals surface area contributed by atoms with Crippen LogP contribution in [0.5, 0.6) is 0 Å². The van der Waals surface area contributed by atoms with E-state index in [-0.39, 0.29) is 18.5 Å². The fourth-order valence-corrected chi connectivity index (χ4v) is 3.94. The van der Waals surface area contributed by atoms with Gasteiger partial charge in [-0.05, 0) is 29.5 Å². The molecule has 0 aliphatic carbocycles. The predicted octanol–water partition coefficient (Wildman–Crippen LogP) is 3.99. The Morgan fingerprint density at radius 2 is 1.88 bits per heavy atom. The van der Waals surface area contributed by atoms with E-state index in [1.165, 1.54) is 5.56 Å². The zero-order valence-electron chi connectivity index (χ0n) is 13.9. The van der Waals surface area contributed by atoms with Crippen LogP contribution in [-0.2, 0) is 4.79 Å². The minimum absolute atomic E-state index is 0.0730. The van der Waals surface area contributed by atoms with Crippen molar-refractivity contribution in [1.82, 2.24) is 4.90 Å². The Morgan fingerprint density at radius 1 is 1.21 bits per heavy atom. The number of benzene rings is 2. The van der Waals surface area contributed by atoms with Gasteiger partial charge in [0.1, 0.15) is 0 Å². The summed E-state index contributed by atoms with van der Waals surface area (Å²) >= 11 is 6.30. The average molecular weight is 343 g/mol. The first-order valence-corrected chi connectivity index (χ1v) is 8.81. The van der Waals surface area contributed by atoms with Crippen molar-refractivity contribution in [2.24, 2.45) is 11.7 Å². The highest BCUT2D eigenvalue weighted by molar-refractivity contribution is 6.31. The number of nitrogens with two attached hydrogens (primary N) is 1. The summed E-state index contributed by atoms with van der Waals surface area (Å²) in [5.41, 5.74) is 7.96. The monoisotopic (exact) mass is 342 g/mol. The number of hydrogen-bond donors (Lipinski definition) is 1. The highest BCUT2D eigenvalue weighted by atomic mass is 35.5. The van der Waals surface area contributed by atoms with Gasteiger partial charge >= 0.3 is 0 Å². The van der Waals surface area contributed by atoms with Crippen LogP contribution in [0.4, 0.5) is 0 Å². The maximum Gasteiger partial charge on any atom is 0.231 e. The molecule has 1 fully saturated rings. The zero-order valence-corrected chi connectivity index (χ0v) is 14.6. The molecule has 2 aromatic rings. The average Bonchev–Trinajstić information content (AvgIpc) is 2.99. The molecular weight excluding hydrogens is 320 g/mol. The lowest BCUT2D eigenvalue weighted by Gasteiger charge is -2.31. The van der Waals surface area contributed by atoms with Gasteiger partial charge in [-0.3, -0.25) is 4.79 Å². The van der Waals surface area contributed by atoms with Gasteiger partial charge in [0.05, 0.1) is 12.0 Å². The number of amides is 1. The van der Waals surface area contributed by atoms with E-state index in [0.29, 0.717) is 10.9 Å². The Labute approximate surface area is 148 Å². The summed E-state index contributed by atoms with van der Waals surface area (Å²) in [6, 6.07) is 17.8. The summed E-state index contributed by atoms with van der Waals surface area (Å²) in [5.74, 6) is 0.111. The van der Waals surface area contributed by atoms with Crippen LogP contribution in [0.2, 0.25) is 5.02 Å². The van der Waals surface area contributed by atoms with Crippen molar-refractivity contribution in [2.45, 2.75) is 25.3 Å². The summed E-state index contributed by atoms with van der Waals surface area (Å²) in [6.45, 7) is 3.23. The van der Waals surface area contributed by atoms with Crippen molar-refractivity contribution in [3.63, 3.8) is 0 Å². The maximum absolute atomic E-state index is 13.2. The number of rotatable bonds is 4. The molecule has 3 unspecified atom stereocenters. The summed E-state index contributed by atoms with van der Waals surface area (Å²) in [4.78, 5) is 15.2. The molecule has 24 heavy (non-hydrogen) atoms. The standard InChI is InChI=1S/C20H23ClN2O/c1-14-11-12-23(19(14)15-7-3-2-4-8-15)20(24)17(13-22)16-9-5-6-10-18(16)21/h2-10,14,17,19H,11-13,22H2,1H3. The van der Waals surface area contributed by atoms with E-state index in [0.717, 1.165) is 18.5 Å². The molecule has 1 heterocycles. The van der Waals surface area contributed by atoms with Gasteiger partial charge in [-0.2, -0.15) is 0 Å². The van der Waals surface area contributed by atoms with Crippen LogP contribution in [-0.4, -0.2) is 23.9 Å². The molecule has 1 aliphatic rings. The van der Waals surface area contributed by atoms with Gasteiger partial charge in [-0.25, -0.2) is 0 Å². The molecule has 0 bridgehead atoms. The highest BCUT2D eigenvalue weighted by Gasteiger charge is 2.38. The van der Waals surface area contributed by atoms with Crippen LogP contribution in [0.25, 0.3) is 0 Å². The van der Waals surface area contributed by atoms with Crippen LogP contribution >= 0.6 is 11.6 Å². The molecule has 126 valence electrons. The van der Waals surface area contributed by atoms with Crippen LogP contribution < -0.4 is 5.73 Å². The number of carbonyl (C=O) groups excluding carboxylic acids is 1. The Hall–Kier alpha value is -1.84. The van der Waals surface area contributed by atoms with Gasteiger partial charge in [0.2, 0.25) is 5.91 Å². The molecule has 0 saturated carbocycles. The fourth-order valence-electron chi connectivity index (χ4n) is 3.67. The molecule has 4 heteroatoms. The molecule has 1 aliphatic heterocycles. The molecule has 3 nitrogen and oxygen atoms in total. The second-order valence-electron chi connectivity index (χ2n) is 6.46. The second-order valence-corrected chi connectivity index (χ2v) is 6.87. The Morgan fingerprint density at radius 3 is 2.54 bits per heavy atom. The third-order valence-corrected chi connectivity index (χ3v) is 5.28. The van der Waals surface area contributed by atoms with E-state index < -0.39 is 5.92 Å². The minimum Gasteiger partial charge on any atom is -0.335 e. The highest BCUT2D eigenvalue weighted by Crippen LogP contribution is 2.39. The third kappa shape index (κ3) is 3.19. The van der Waals surface area contributed by atoms with Gasteiger partial charge < -0.3 is 10.6 Å². The van der Waals surface area contributed by atoms with E-state index in [9.17, 15) is 4.79 Å². The quantitative estimate of drug-likeness (QED) is 0.913. The van der Waals surface area contributed by atoms with Crippen molar-refractivity contribution in [3.8, 4) is 0 Å². The number of hydrogen-bond acceptors (Lipinski definition) is 2. The summed E-state index contributed by atoms with van der Waals surface area (Å²) in [7, 11) is 0. The lowest BCUT2D eigenvalue weighted by Crippen LogP contribution is -2.38. The SMILES string of the molecule is CC1CCN(C(=O)C(CN)c2ccccc2Cl)C1c1ccccc1. The molecule has 0 spiro atoms. The first-order chi connectivity index (χ1) is 11.6. The largest absolute Gasteiger partial charge is 0.335 e.